The molecule has 21 heavy (non-hydrogen) atoms. The fourth-order valence-corrected chi connectivity index (χ4v) is 5.32. The molecule has 2 heterocycles. The molecule has 0 atom stereocenters. The number of thiophene rings is 1. The van der Waals surface area contributed by atoms with Crippen molar-refractivity contribution in [2.45, 2.75) is 36.9 Å². The minimum absolute atomic E-state index is 0.00320. The van der Waals surface area contributed by atoms with Gasteiger partial charge in [-0.25, -0.2) is 13.1 Å². The van der Waals surface area contributed by atoms with E-state index in [9.17, 15) is 8.42 Å². The Balaban J connectivity index is 1.68. The van der Waals surface area contributed by atoms with Crippen LogP contribution in [0.15, 0.2) is 25.7 Å². The zero-order chi connectivity index (χ0) is 14.9. The molecule has 2 N–H and O–H groups in total. The van der Waals surface area contributed by atoms with Crippen molar-refractivity contribution in [3.05, 3.63) is 26.9 Å². The number of sulfonamides is 1. The lowest BCUT2D eigenvalue weighted by atomic mass is 10.4. The highest BCUT2D eigenvalue weighted by Crippen LogP contribution is 2.32. The second-order valence-corrected chi connectivity index (χ2v) is 8.87. The number of halogens is 1. The Labute approximate surface area is 134 Å². The van der Waals surface area contributed by atoms with Gasteiger partial charge in [-0.05, 0) is 34.8 Å². The normalized spacial score (nSPS) is 15.5. The molecule has 0 saturated heterocycles. The van der Waals surface area contributed by atoms with Crippen LogP contribution < -0.4 is 10.0 Å². The lowest BCUT2D eigenvalue weighted by Crippen LogP contribution is -2.23. The summed E-state index contributed by atoms with van der Waals surface area (Å²) in [6.07, 6.45) is 3.56. The summed E-state index contributed by atoms with van der Waals surface area (Å²) in [4.78, 5) is 4.99. The molecule has 1 fully saturated rings. The highest BCUT2D eigenvalue weighted by Gasteiger charge is 2.23. The minimum atomic E-state index is -3.61. The van der Waals surface area contributed by atoms with E-state index in [1.165, 1.54) is 24.2 Å². The third-order valence-electron chi connectivity index (χ3n) is 2.97. The zero-order valence-corrected chi connectivity index (χ0v) is 14.1. The Hall–Kier alpha value is -0.810. The summed E-state index contributed by atoms with van der Waals surface area (Å²) in [5.41, 5.74) is 0. The third kappa shape index (κ3) is 3.89. The molecule has 7 nitrogen and oxygen atoms in total. The standard InChI is InChI=1S/C11H13BrN4O3S2/c12-11-9(3-8(20-11)4-13-7-1-2-7)21(17,18)15-5-10-14-6-19-16-10/h3,6-7,13,15H,1-2,4-5H2. The first kappa shape index (κ1) is 15.1. The lowest BCUT2D eigenvalue weighted by molar-refractivity contribution is 0.409. The minimum Gasteiger partial charge on any atom is -0.343 e. The van der Waals surface area contributed by atoms with E-state index in [-0.39, 0.29) is 11.4 Å². The van der Waals surface area contributed by atoms with Crippen molar-refractivity contribution in [1.29, 1.82) is 0 Å². The van der Waals surface area contributed by atoms with Gasteiger partial charge in [-0.15, -0.1) is 11.3 Å². The molecule has 1 saturated carbocycles. The fraction of sp³-hybridized carbons (Fsp3) is 0.455. The summed E-state index contributed by atoms with van der Waals surface area (Å²) in [6.45, 7) is 0.686. The molecule has 0 spiro atoms. The predicted octanol–water partition coefficient (Wildman–Crippen LogP) is 1.62. The van der Waals surface area contributed by atoms with Gasteiger partial charge in [0.1, 0.15) is 4.90 Å². The third-order valence-corrected chi connectivity index (χ3v) is 6.62. The summed E-state index contributed by atoms with van der Waals surface area (Å²) in [5, 5.41) is 6.93. The van der Waals surface area contributed by atoms with Gasteiger partial charge < -0.3 is 9.84 Å². The van der Waals surface area contributed by atoms with E-state index in [1.807, 2.05) is 0 Å². The molecule has 0 aliphatic heterocycles. The van der Waals surface area contributed by atoms with Crippen molar-refractivity contribution in [2.24, 2.45) is 0 Å². The van der Waals surface area contributed by atoms with Crippen LogP contribution in [0.2, 0.25) is 0 Å². The van der Waals surface area contributed by atoms with Crippen molar-refractivity contribution < 1.29 is 12.9 Å². The average molecular weight is 393 g/mol. The van der Waals surface area contributed by atoms with Gasteiger partial charge in [0, 0.05) is 17.5 Å². The first-order valence-electron chi connectivity index (χ1n) is 6.31. The molecule has 2 aromatic rings. The number of hydrogen-bond acceptors (Lipinski definition) is 7. The van der Waals surface area contributed by atoms with E-state index in [0.29, 0.717) is 22.2 Å². The lowest BCUT2D eigenvalue weighted by Gasteiger charge is -2.02. The van der Waals surface area contributed by atoms with Gasteiger partial charge in [0.05, 0.1) is 10.3 Å². The maximum atomic E-state index is 12.3. The number of aromatic nitrogens is 2. The Bertz CT molecular complexity index is 710. The van der Waals surface area contributed by atoms with Crippen molar-refractivity contribution >= 4 is 37.3 Å². The van der Waals surface area contributed by atoms with Gasteiger partial charge in [0.25, 0.3) is 0 Å². The highest BCUT2D eigenvalue weighted by atomic mass is 79.9. The quantitative estimate of drug-likeness (QED) is 0.742. The molecule has 0 aromatic carbocycles. The molecule has 114 valence electrons. The SMILES string of the molecule is O=S(=O)(NCc1ncon1)c1cc(CNC2CC2)sc1Br. The van der Waals surface area contributed by atoms with Crippen LogP contribution in [0, 0.1) is 0 Å². The van der Waals surface area contributed by atoms with Gasteiger partial charge in [0.15, 0.2) is 5.82 Å². The van der Waals surface area contributed by atoms with E-state index < -0.39 is 10.0 Å². The molecule has 10 heteroatoms. The van der Waals surface area contributed by atoms with Gasteiger partial charge in [-0.1, -0.05) is 5.16 Å². The molecule has 1 aliphatic carbocycles. The highest BCUT2D eigenvalue weighted by molar-refractivity contribution is 9.11. The smallest absolute Gasteiger partial charge is 0.242 e. The maximum Gasteiger partial charge on any atom is 0.242 e. The van der Waals surface area contributed by atoms with Gasteiger partial charge in [-0.2, -0.15) is 4.98 Å². The molecule has 3 rings (SSSR count). The molecule has 2 aromatic heterocycles. The summed E-state index contributed by atoms with van der Waals surface area (Å²) in [7, 11) is -3.61. The summed E-state index contributed by atoms with van der Waals surface area (Å²) < 4.78 is 32.1. The van der Waals surface area contributed by atoms with Crippen LogP contribution in [0.3, 0.4) is 0 Å². The Morgan fingerprint density at radius 2 is 2.24 bits per heavy atom. The molecule has 0 bridgehead atoms. The summed E-state index contributed by atoms with van der Waals surface area (Å²) in [5.74, 6) is 0.292. The number of nitrogens with one attached hydrogen (secondary N) is 2. The first-order valence-corrected chi connectivity index (χ1v) is 9.40. The van der Waals surface area contributed by atoms with Gasteiger partial charge in [-0.3, -0.25) is 0 Å². The summed E-state index contributed by atoms with van der Waals surface area (Å²) in [6, 6.07) is 2.27. The largest absolute Gasteiger partial charge is 0.343 e. The number of rotatable bonds is 7. The van der Waals surface area contributed by atoms with Crippen LogP contribution in [0.1, 0.15) is 23.5 Å². The summed E-state index contributed by atoms with van der Waals surface area (Å²) >= 11 is 4.74. The van der Waals surface area contributed by atoms with Gasteiger partial charge >= 0.3 is 0 Å². The van der Waals surface area contributed by atoms with Gasteiger partial charge in [0.2, 0.25) is 16.4 Å². The van der Waals surface area contributed by atoms with E-state index in [4.69, 9.17) is 0 Å². The Morgan fingerprint density at radius 3 is 2.90 bits per heavy atom. The molecule has 0 amide bonds. The average Bonchev–Trinajstić information content (AvgIpc) is 2.97. The monoisotopic (exact) mass is 392 g/mol. The van der Waals surface area contributed by atoms with Crippen molar-refractivity contribution in [3.8, 4) is 0 Å². The first-order chi connectivity index (χ1) is 10.0. The second kappa shape index (κ2) is 6.13. The van der Waals surface area contributed by atoms with Crippen molar-refractivity contribution in [3.63, 3.8) is 0 Å². The molecular weight excluding hydrogens is 380 g/mol. The number of hydrogen-bond donors (Lipinski definition) is 2. The molecule has 0 unspecified atom stereocenters. The molecular formula is C11H13BrN4O3S2. The van der Waals surface area contributed by atoms with Crippen molar-refractivity contribution in [1.82, 2.24) is 20.2 Å². The van der Waals surface area contributed by atoms with Crippen LogP contribution in [0.4, 0.5) is 0 Å². The molecule has 0 radical (unpaired) electrons. The predicted molar refractivity (Wildman–Crippen MR) is 80.2 cm³/mol. The van der Waals surface area contributed by atoms with E-state index >= 15 is 0 Å². The van der Waals surface area contributed by atoms with Crippen molar-refractivity contribution in [2.75, 3.05) is 0 Å². The van der Waals surface area contributed by atoms with E-state index in [0.717, 1.165) is 11.3 Å². The Kier molecular flexibility index (Phi) is 4.41. The topological polar surface area (TPSA) is 97.1 Å². The zero-order valence-electron chi connectivity index (χ0n) is 10.9. The number of nitrogens with zero attached hydrogens (tertiary/aromatic N) is 2. The Morgan fingerprint density at radius 1 is 1.43 bits per heavy atom. The van der Waals surface area contributed by atoms with E-state index in [2.05, 4.69) is 40.6 Å². The molecule has 1 aliphatic rings. The van der Waals surface area contributed by atoms with E-state index in [1.54, 1.807) is 6.07 Å². The van der Waals surface area contributed by atoms with Crippen LogP contribution in [0.25, 0.3) is 0 Å². The van der Waals surface area contributed by atoms with Crippen LogP contribution in [-0.4, -0.2) is 24.6 Å². The fourth-order valence-electron chi connectivity index (χ4n) is 1.71. The maximum absolute atomic E-state index is 12.3. The van der Waals surface area contributed by atoms with Crippen LogP contribution >= 0.6 is 27.3 Å². The van der Waals surface area contributed by atoms with Crippen LogP contribution in [0.5, 0.6) is 0 Å². The van der Waals surface area contributed by atoms with Crippen LogP contribution in [-0.2, 0) is 23.1 Å². The second-order valence-electron chi connectivity index (χ2n) is 4.68.